The molecule has 2 heterocycles. The van der Waals surface area contributed by atoms with Crippen LogP contribution in [0.2, 0.25) is 0 Å². The first-order valence-electron chi connectivity index (χ1n) is 5.89. The molecule has 0 saturated carbocycles. The fourth-order valence-corrected chi connectivity index (χ4v) is 1.96. The minimum atomic E-state index is -0.944. The van der Waals surface area contributed by atoms with Gasteiger partial charge in [0.1, 0.15) is 0 Å². The zero-order valence-corrected chi connectivity index (χ0v) is 11.1. The normalized spacial score (nSPS) is 12.2. The van der Waals surface area contributed by atoms with Gasteiger partial charge in [0, 0.05) is 35.9 Å². The molecule has 1 unspecified atom stereocenters. The molecule has 0 saturated heterocycles. The number of aryl methyl sites for hydroxylation is 3. The molecule has 0 aliphatic heterocycles. The molecule has 2 rings (SSSR count). The first-order valence-corrected chi connectivity index (χ1v) is 5.89. The Hall–Kier alpha value is -2.37. The summed E-state index contributed by atoms with van der Waals surface area (Å²) in [7, 11) is 1.75. The van der Waals surface area contributed by atoms with Gasteiger partial charge in [0.25, 0.3) is 0 Å². The molecule has 0 spiro atoms. The smallest absolute Gasteiger partial charge is 0.330 e. The van der Waals surface area contributed by atoms with E-state index in [1.165, 1.54) is 0 Å². The summed E-state index contributed by atoms with van der Waals surface area (Å²) in [5.74, 6) is -0.944. The summed E-state index contributed by atoms with van der Waals surface area (Å²) in [6.45, 7) is 3.75. The van der Waals surface area contributed by atoms with Crippen molar-refractivity contribution >= 4 is 11.7 Å². The van der Waals surface area contributed by atoms with Crippen LogP contribution in [0.15, 0.2) is 24.5 Å². The molecule has 2 aromatic heterocycles. The van der Waals surface area contributed by atoms with Crippen molar-refractivity contribution in [3.63, 3.8) is 0 Å². The average molecular weight is 260 g/mol. The first-order chi connectivity index (χ1) is 8.95. The number of anilines is 1. The number of carboxylic acid groups (broad SMARTS) is 1. The molecule has 0 aliphatic carbocycles. The second kappa shape index (κ2) is 5.09. The summed E-state index contributed by atoms with van der Waals surface area (Å²) < 4.78 is 1.58. The lowest BCUT2D eigenvalue weighted by Crippen LogP contribution is -2.20. The Morgan fingerprint density at radius 1 is 1.37 bits per heavy atom. The molecule has 0 aliphatic rings. The molecule has 0 bridgehead atoms. The predicted molar refractivity (Wildman–Crippen MR) is 70.9 cm³/mol. The molecule has 100 valence electrons. The number of carbonyl (C=O) groups is 1. The summed E-state index contributed by atoms with van der Waals surface area (Å²) in [4.78, 5) is 15.6. The van der Waals surface area contributed by atoms with Gasteiger partial charge in [-0.2, -0.15) is 5.10 Å². The molecule has 0 amide bonds. The molecular weight excluding hydrogens is 244 g/mol. The van der Waals surface area contributed by atoms with E-state index in [1.807, 2.05) is 26.0 Å². The van der Waals surface area contributed by atoms with Crippen LogP contribution in [0, 0.1) is 13.8 Å². The van der Waals surface area contributed by atoms with Gasteiger partial charge in [0.2, 0.25) is 0 Å². The van der Waals surface area contributed by atoms with Crippen LogP contribution >= 0.6 is 0 Å². The van der Waals surface area contributed by atoms with E-state index in [-0.39, 0.29) is 0 Å². The fraction of sp³-hybridized carbons (Fsp3) is 0.308. The van der Waals surface area contributed by atoms with Gasteiger partial charge < -0.3 is 10.4 Å². The number of hydrogen-bond donors (Lipinski definition) is 2. The van der Waals surface area contributed by atoms with Crippen molar-refractivity contribution in [2.45, 2.75) is 19.9 Å². The summed E-state index contributed by atoms with van der Waals surface area (Å²) >= 11 is 0. The van der Waals surface area contributed by atoms with Crippen molar-refractivity contribution in [1.82, 2.24) is 14.8 Å². The van der Waals surface area contributed by atoms with Crippen molar-refractivity contribution < 1.29 is 9.90 Å². The van der Waals surface area contributed by atoms with E-state index in [9.17, 15) is 9.90 Å². The zero-order chi connectivity index (χ0) is 14.0. The van der Waals surface area contributed by atoms with E-state index in [4.69, 9.17) is 0 Å². The van der Waals surface area contributed by atoms with Crippen molar-refractivity contribution in [3.8, 4) is 0 Å². The van der Waals surface area contributed by atoms with E-state index in [2.05, 4.69) is 15.4 Å². The van der Waals surface area contributed by atoms with E-state index in [1.54, 1.807) is 24.1 Å². The topological polar surface area (TPSA) is 80.0 Å². The van der Waals surface area contributed by atoms with Crippen molar-refractivity contribution in [2.24, 2.45) is 7.05 Å². The number of hydrogen-bond acceptors (Lipinski definition) is 4. The van der Waals surface area contributed by atoms with Gasteiger partial charge in [-0.25, -0.2) is 4.79 Å². The minimum absolute atomic E-state index is 0.613. The number of aliphatic carboxylic acids is 1. The maximum atomic E-state index is 11.4. The Kier molecular flexibility index (Phi) is 3.50. The summed E-state index contributed by atoms with van der Waals surface area (Å²) in [6, 6.07) is 2.81. The molecule has 0 aromatic carbocycles. The molecule has 6 nitrogen and oxygen atoms in total. The fourth-order valence-electron chi connectivity index (χ4n) is 1.96. The zero-order valence-electron chi connectivity index (χ0n) is 11.1. The Morgan fingerprint density at radius 3 is 2.47 bits per heavy atom. The summed E-state index contributed by atoms with van der Waals surface area (Å²) in [6.07, 6.45) is 3.24. The summed E-state index contributed by atoms with van der Waals surface area (Å²) in [5.41, 5.74) is 3.04. The Bertz CT molecular complexity index is 586. The van der Waals surface area contributed by atoms with Crippen LogP contribution in [0.4, 0.5) is 5.69 Å². The average Bonchev–Trinajstić information content (AvgIpc) is 2.70. The lowest BCUT2D eigenvalue weighted by molar-refractivity contribution is -0.138. The highest BCUT2D eigenvalue weighted by atomic mass is 16.4. The number of nitrogens with zero attached hydrogens (tertiary/aromatic N) is 3. The highest BCUT2D eigenvalue weighted by molar-refractivity contribution is 5.79. The highest BCUT2D eigenvalue weighted by Gasteiger charge is 2.21. The van der Waals surface area contributed by atoms with Gasteiger partial charge in [-0.3, -0.25) is 9.67 Å². The first kappa shape index (κ1) is 13.1. The standard InChI is InChI=1S/C13H16N4O2/c1-8-4-11(5-9(2)15-8)16-12(13(18)19)10-6-14-17(3)7-10/h4-7,12H,1-3H3,(H,15,16)(H,18,19). The predicted octanol–water partition coefficient (Wildman–Crippen LogP) is 1.67. The molecule has 2 N–H and O–H groups in total. The third kappa shape index (κ3) is 3.09. The Labute approximate surface area is 111 Å². The van der Waals surface area contributed by atoms with Crippen LogP contribution in [0.25, 0.3) is 0 Å². The van der Waals surface area contributed by atoms with Crippen molar-refractivity contribution in [2.75, 3.05) is 5.32 Å². The van der Waals surface area contributed by atoms with E-state index >= 15 is 0 Å². The number of nitrogens with one attached hydrogen (secondary N) is 1. The molecular formula is C13H16N4O2. The van der Waals surface area contributed by atoms with Gasteiger partial charge in [-0.1, -0.05) is 0 Å². The van der Waals surface area contributed by atoms with Crippen LogP contribution in [-0.2, 0) is 11.8 Å². The number of pyridine rings is 1. The largest absolute Gasteiger partial charge is 0.479 e. The number of carboxylic acids is 1. The highest BCUT2D eigenvalue weighted by Crippen LogP contribution is 2.20. The lowest BCUT2D eigenvalue weighted by atomic mass is 10.1. The Morgan fingerprint density at radius 2 is 2.00 bits per heavy atom. The van der Waals surface area contributed by atoms with Crippen LogP contribution in [0.3, 0.4) is 0 Å². The molecule has 2 aromatic rings. The minimum Gasteiger partial charge on any atom is -0.479 e. The molecule has 0 radical (unpaired) electrons. The van der Waals surface area contributed by atoms with Crippen LogP contribution in [-0.4, -0.2) is 25.8 Å². The van der Waals surface area contributed by atoms with E-state index in [0.717, 1.165) is 17.1 Å². The second-order valence-electron chi connectivity index (χ2n) is 4.50. The maximum Gasteiger partial charge on any atom is 0.330 e. The maximum absolute atomic E-state index is 11.4. The van der Waals surface area contributed by atoms with Gasteiger partial charge in [-0.05, 0) is 26.0 Å². The van der Waals surface area contributed by atoms with E-state index < -0.39 is 12.0 Å². The third-order valence-electron chi connectivity index (χ3n) is 2.70. The third-order valence-corrected chi connectivity index (χ3v) is 2.70. The quantitative estimate of drug-likeness (QED) is 0.874. The van der Waals surface area contributed by atoms with Crippen molar-refractivity contribution in [3.05, 3.63) is 41.5 Å². The van der Waals surface area contributed by atoms with Crippen LogP contribution < -0.4 is 5.32 Å². The second-order valence-corrected chi connectivity index (χ2v) is 4.50. The molecule has 6 heteroatoms. The molecule has 0 fully saturated rings. The number of aromatic nitrogens is 3. The van der Waals surface area contributed by atoms with Crippen molar-refractivity contribution in [1.29, 1.82) is 0 Å². The van der Waals surface area contributed by atoms with E-state index in [0.29, 0.717) is 5.56 Å². The van der Waals surface area contributed by atoms with Gasteiger partial charge in [-0.15, -0.1) is 0 Å². The molecule has 19 heavy (non-hydrogen) atoms. The lowest BCUT2D eigenvalue weighted by Gasteiger charge is -2.15. The van der Waals surface area contributed by atoms with Gasteiger partial charge >= 0.3 is 5.97 Å². The van der Waals surface area contributed by atoms with Crippen LogP contribution in [0.5, 0.6) is 0 Å². The number of rotatable bonds is 4. The SMILES string of the molecule is Cc1cc(NC(C(=O)O)c2cnn(C)c2)cc(C)n1. The van der Waals surface area contributed by atoms with Gasteiger partial charge in [0.15, 0.2) is 6.04 Å². The van der Waals surface area contributed by atoms with Crippen LogP contribution in [0.1, 0.15) is 23.0 Å². The summed E-state index contributed by atoms with van der Waals surface area (Å²) in [5, 5.41) is 16.3. The monoisotopic (exact) mass is 260 g/mol. The van der Waals surface area contributed by atoms with Gasteiger partial charge in [0.05, 0.1) is 6.20 Å². The molecule has 1 atom stereocenters. The Balaban J connectivity index is 2.29.